The fourth-order valence-corrected chi connectivity index (χ4v) is 2.15. The molecule has 5 nitrogen and oxygen atoms in total. The first-order valence-corrected chi connectivity index (χ1v) is 6.12. The van der Waals surface area contributed by atoms with Crippen LogP contribution in [0.1, 0.15) is 0 Å². The van der Waals surface area contributed by atoms with Crippen molar-refractivity contribution >= 4 is 16.5 Å². The lowest BCUT2D eigenvalue weighted by Crippen LogP contribution is -2.17. The molecule has 0 spiro atoms. The van der Waals surface area contributed by atoms with Crippen LogP contribution < -0.4 is 5.56 Å². The highest BCUT2D eigenvalue weighted by Gasteiger charge is 2.08. The number of nitro groups is 1. The maximum absolute atomic E-state index is 13.3. The average Bonchev–Trinajstić information content (AvgIpc) is 2.48. The van der Waals surface area contributed by atoms with Crippen molar-refractivity contribution in [3.63, 3.8) is 0 Å². The molecule has 0 atom stereocenters. The van der Waals surface area contributed by atoms with Crippen molar-refractivity contribution in [1.29, 1.82) is 0 Å². The number of pyridine rings is 1. The molecule has 1 aromatic heterocycles. The summed E-state index contributed by atoms with van der Waals surface area (Å²) in [6, 6.07) is 11.3. The van der Waals surface area contributed by atoms with E-state index in [1.165, 1.54) is 47.0 Å². The van der Waals surface area contributed by atoms with E-state index in [1.807, 2.05) is 0 Å². The lowest BCUT2D eigenvalue weighted by molar-refractivity contribution is -0.384. The summed E-state index contributed by atoms with van der Waals surface area (Å²) in [7, 11) is 0. The van der Waals surface area contributed by atoms with Gasteiger partial charge in [-0.3, -0.25) is 19.5 Å². The van der Waals surface area contributed by atoms with Gasteiger partial charge in [0.05, 0.1) is 10.3 Å². The van der Waals surface area contributed by atoms with E-state index in [2.05, 4.69) is 0 Å². The number of aromatic nitrogens is 1. The van der Waals surface area contributed by atoms with Crippen LogP contribution in [0.5, 0.6) is 0 Å². The zero-order valence-electron chi connectivity index (χ0n) is 10.7. The van der Waals surface area contributed by atoms with Gasteiger partial charge in [0, 0.05) is 24.0 Å². The summed E-state index contributed by atoms with van der Waals surface area (Å²) in [6.45, 7) is 0. The van der Waals surface area contributed by atoms with Crippen LogP contribution in [0.15, 0.2) is 59.5 Å². The van der Waals surface area contributed by atoms with E-state index < -0.39 is 10.7 Å². The van der Waals surface area contributed by atoms with E-state index in [-0.39, 0.29) is 16.6 Å². The topological polar surface area (TPSA) is 65.1 Å². The molecule has 2 aromatic carbocycles. The molecule has 0 aliphatic carbocycles. The summed E-state index contributed by atoms with van der Waals surface area (Å²) in [6.07, 6.45) is 1.56. The Labute approximate surface area is 118 Å². The highest BCUT2D eigenvalue weighted by molar-refractivity contribution is 5.81. The molecule has 0 saturated carbocycles. The zero-order valence-corrected chi connectivity index (χ0v) is 10.7. The molecule has 0 bridgehead atoms. The molecule has 3 rings (SSSR count). The largest absolute Gasteiger partial charge is 0.284 e. The zero-order chi connectivity index (χ0) is 15.0. The number of nitro benzene ring substituents is 1. The molecule has 0 unspecified atom stereocenters. The molecule has 0 fully saturated rings. The van der Waals surface area contributed by atoms with Gasteiger partial charge in [-0.15, -0.1) is 0 Å². The first-order chi connectivity index (χ1) is 10.1. The van der Waals surface area contributed by atoms with E-state index in [0.717, 1.165) is 0 Å². The van der Waals surface area contributed by atoms with Crippen LogP contribution in [0, 0.1) is 15.9 Å². The highest BCUT2D eigenvalue weighted by Crippen LogP contribution is 2.16. The Morgan fingerprint density at radius 3 is 2.43 bits per heavy atom. The third-order valence-electron chi connectivity index (χ3n) is 3.21. The Morgan fingerprint density at radius 1 is 1.05 bits per heavy atom. The van der Waals surface area contributed by atoms with E-state index in [9.17, 15) is 19.3 Å². The smallest absolute Gasteiger partial charge is 0.269 e. The lowest BCUT2D eigenvalue weighted by atomic mass is 10.1. The fourth-order valence-electron chi connectivity index (χ4n) is 2.15. The summed E-state index contributed by atoms with van der Waals surface area (Å²) in [5, 5.41) is 11.5. The number of halogens is 1. The van der Waals surface area contributed by atoms with Crippen molar-refractivity contribution in [2.75, 3.05) is 0 Å². The Bertz CT molecular complexity index is 901. The third-order valence-corrected chi connectivity index (χ3v) is 3.21. The van der Waals surface area contributed by atoms with Crippen molar-refractivity contribution in [1.82, 2.24) is 4.57 Å². The molecule has 104 valence electrons. The van der Waals surface area contributed by atoms with E-state index in [0.29, 0.717) is 11.1 Å². The first kappa shape index (κ1) is 13.0. The monoisotopic (exact) mass is 284 g/mol. The molecule has 6 heteroatoms. The second-order valence-electron chi connectivity index (χ2n) is 4.50. The quantitative estimate of drug-likeness (QED) is 0.536. The minimum absolute atomic E-state index is 0.0568. The normalized spacial score (nSPS) is 10.7. The minimum Gasteiger partial charge on any atom is -0.284 e. The number of hydrogen-bond acceptors (Lipinski definition) is 3. The molecule has 0 aliphatic rings. The maximum atomic E-state index is 13.3. The van der Waals surface area contributed by atoms with Crippen LogP contribution in [0.3, 0.4) is 0 Å². The molecule has 0 aliphatic heterocycles. The van der Waals surface area contributed by atoms with Gasteiger partial charge in [-0.05, 0) is 35.7 Å². The second-order valence-corrected chi connectivity index (χ2v) is 4.50. The Balaban J connectivity index is 2.18. The second kappa shape index (κ2) is 4.82. The van der Waals surface area contributed by atoms with Crippen molar-refractivity contribution in [2.24, 2.45) is 0 Å². The summed E-state index contributed by atoms with van der Waals surface area (Å²) in [5.74, 6) is -0.485. The first-order valence-electron chi connectivity index (χ1n) is 6.12. The van der Waals surface area contributed by atoms with Crippen LogP contribution in [0.2, 0.25) is 0 Å². The van der Waals surface area contributed by atoms with E-state index >= 15 is 0 Å². The van der Waals surface area contributed by atoms with Crippen LogP contribution in [0.4, 0.5) is 10.1 Å². The summed E-state index contributed by atoms with van der Waals surface area (Å²) < 4.78 is 14.6. The highest BCUT2D eigenvalue weighted by atomic mass is 19.1. The van der Waals surface area contributed by atoms with Gasteiger partial charge in [-0.1, -0.05) is 6.07 Å². The predicted molar refractivity (Wildman–Crippen MR) is 76.2 cm³/mol. The molecular weight excluding hydrogens is 275 g/mol. The van der Waals surface area contributed by atoms with Gasteiger partial charge < -0.3 is 0 Å². The number of benzene rings is 2. The summed E-state index contributed by atoms with van der Waals surface area (Å²) >= 11 is 0. The van der Waals surface area contributed by atoms with Gasteiger partial charge in [-0.2, -0.15) is 0 Å². The van der Waals surface area contributed by atoms with E-state index in [1.54, 1.807) is 12.3 Å². The Hall–Kier alpha value is -3.02. The Morgan fingerprint density at radius 2 is 1.76 bits per heavy atom. The van der Waals surface area contributed by atoms with Crippen molar-refractivity contribution < 1.29 is 9.31 Å². The number of rotatable bonds is 2. The molecule has 3 aromatic rings. The molecular formula is C15H9FN2O3. The lowest BCUT2D eigenvalue weighted by Gasteiger charge is -2.07. The molecule has 0 N–H and O–H groups in total. The predicted octanol–water partition coefficient (Wildman–Crippen LogP) is 3.04. The summed E-state index contributed by atoms with van der Waals surface area (Å²) in [5.41, 5.74) is 0.0521. The molecule has 1 heterocycles. The van der Waals surface area contributed by atoms with Crippen molar-refractivity contribution in [2.45, 2.75) is 0 Å². The molecule has 0 amide bonds. The van der Waals surface area contributed by atoms with Gasteiger partial charge in [0.25, 0.3) is 11.2 Å². The standard InChI is InChI=1S/C15H9FN2O3/c16-11-2-1-10-7-8-17(15(19)14(10)9-11)12-3-5-13(6-4-12)18(20)21/h1-9H. The van der Waals surface area contributed by atoms with Gasteiger partial charge in [0.15, 0.2) is 0 Å². The van der Waals surface area contributed by atoms with Gasteiger partial charge >= 0.3 is 0 Å². The van der Waals surface area contributed by atoms with E-state index in [4.69, 9.17) is 0 Å². The fraction of sp³-hybridized carbons (Fsp3) is 0. The van der Waals surface area contributed by atoms with Crippen molar-refractivity contribution in [3.05, 3.63) is 81.0 Å². The SMILES string of the molecule is O=c1c2cc(F)ccc2ccn1-c1ccc([N+](=O)[O-])cc1. The van der Waals surface area contributed by atoms with Gasteiger partial charge in [0.2, 0.25) is 0 Å². The van der Waals surface area contributed by atoms with Crippen LogP contribution in [0.25, 0.3) is 16.5 Å². The average molecular weight is 284 g/mol. The number of non-ortho nitro benzene ring substituents is 1. The van der Waals surface area contributed by atoms with Gasteiger partial charge in [0.1, 0.15) is 5.82 Å². The number of nitrogens with zero attached hydrogens (tertiary/aromatic N) is 2. The van der Waals surface area contributed by atoms with Crippen molar-refractivity contribution in [3.8, 4) is 5.69 Å². The number of hydrogen-bond donors (Lipinski definition) is 0. The van der Waals surface area contributed by atoms with Crippen LogP contribution in [-0.2, 0) is 0 Å². The minimum atomic E-state index is -0.512. The molecule has 0 saturated heterocycles. The third kappa shape index (κ3) is 2.27. The summed E-state index contributed by atoms with van der Waals surface area (Å²) in [4.78, 5) is 22.5. The van der Waals surface area contributed by atoms with Gasteiger partial charge in [-0.25, -0.2) is 4.39 Å². The molecule has 0 radical (unpaired) electrons. The van der Waals surface area contributed by atoms with Crippen LogP contribution >= 0.6 is 0 Å². The maximum Gasteiger partial charge on any atom is 0.269 e. The Kier molecular flexibility index (Phi) is 2.98. The molecule has 21 heavy (non-hydrogen) atoms. The van der Waals surface area contributed by atoms with Crippen LogP contribution in [-0.4, -0.2) is 9.49 Å². The number of fused-ring (bicyclic) bond motifs is 1.